The van der Waals surface area contributed by atoms with Crippen molar-refractivity contribution in [3.63, 3.8) is 0 Å². The molecule has 1 heterocycles. The number of nitrogens with one attached hydrogen (secondary N) is 1. The Kier molecular flexibility index (Phi) is 7.19. The number of benzene rings is 2. The molecule has 0 aliphatic heterocycles. The number of anilines is 1. The largest absolute Gasteiger partial charge is 0.489 e. The molecule has 3 rings (SSSR count). The lowest BCUT2D eigenvalue weighted by Crippen LogP contribution is -2.21. The van der Waals surface area contributed by atoms with Gasteiger partial charge in [-0.15, -0.1) is 0 Å². The van der Waals surface area contributed by atoms with Crippen LogP contribution in [-0.2, 0) is 15.7 Å². The van der Waals surface area contributed by atoms with Crippen LogP contribution in [0.15, 0.2) is 48.7 Å². The number of pyridine rings is 1. The fourth-order valence-electron chi connectivity index (χ4n) is 2.72. The molecule has 10 heteroatoms. The molecule has 0 radical (unpaired) electrons. The van der Waals surface area contributed by atoms with E-state index in [4.69, 9.17) is 25.8 Å². The minimum absolute atomic E-state index is 0.0806. The molecule has 1 amide bonds. The molecule has 0 bridgehead atoms. The molecule has 1 N–H and O–H groups in total. The normalized spacial score (nSPS) is 11.4. The van der Waals surface area contributed by atoms with E-state index in [2.05, 4.69) is 10.3 Å². The summed E-state index contributed by atoms with van der Waals surface area (Å²) in [5.74, 6) is -0.275. The molecule has 6 nitrogen and oxygen atoms in total. The van der Waals surface area contributed by atoms with Crippen LogP contribution in [0.5, 0.6) is 11.5 Å². The van der Waals surface area contributed by atoms with Gasteiger partial charge in [-0.1, -0.05) is 11.6 Å². The fraction of sp³-hybridized carbons (Fsp3) is 0.238. The molecular weight excluding hydrogens is 437 g/mol. The van der Waals surface area contributed by atoms with Gasteiger partial charge in [0.05, 0.1) is 22.9 Å². The number of fused-ring (bicyclic) bond motifs is 1. The second-order valence-corrected chi connectivity index (χ2v) is 6.74. The van der Waals surface area contributed by atoms with Crippen LogP contribution in [0, 0.1) is 0 Å². The van der Waals surface area contributed by atoms with Gasteiger partial charge in [0.15, 0.2) is 6.61 Å². The lowest BCUT2D eigenvalue weighted by Gasteiger charge is -2.16. The Labute approximate surface area is 180 Å². The van der Waals surface area contributed by atoms with Crippen molar-refractivity contribution in [2.45, 2.75) is 6.18 Å². The first-order chi connectivity index (χ1) is 14.8. The maximum absolute atomic E-state index is 13.1. The van der Waals surface area contributed by atoms with Crippen molar-refractivity contribution >= 4 is 34.1 Å². The summed E-state index contributed by atoms with van der Waals surface area (Å²) in [6, 6.07) is 9.46. The monoisotopic (exact) mass is 454 g/mol. The van der Waals surface area contributed by atoms with Crippen LogP contribution < -0.4 is 14.8 Å². The average Bonchev–Trinajstić information content (AvgIpc) is 2.74. The Bertz CT molecular complexity index is 1080. The van der Waals surface area contributed by atoms with Crippen LogP contribution >= 0.6 is 11.6 Å². The highest BCUT2D eigenvalue weighted by Gasteiger charge is 2.31. The molecule has 0 saturated carbocycles. The molecule has 0 unspecified atom stereocenters. The standard InChI is InChI=1S/C21H18ClF3N2O4/c1-29-9-10-30-17-6-4-13(21(23,24)25)11-16(17)27-19(28)12-31-18-7-5-15(22)14-3-2-8-26-20(14)18/h2-8,11H,9-10,12H2,1H3,(H,27,28). The molecule has 0 atom stereocenters. The van der Waals surface area contributed by atoms with Crippen LogP contribution in [0.3, 0.4) is 0 Å². The SMILES string of the molecule is COCCOc1ccc(C(F)(F)F)cc1NC(=O)COc1ccc(Cl)c2cccnc12. The summed E-state index contributed by atoms with van der Waals surface area (Å²) in [5, 5.41) is 3.52. The van der Waals surface area contributed by atoms with Gasteiger partial charge >= 0.3 is 6.18 Å². The van der Waals surface area contributed by atoms with Gasteiger partial charge in [-0.25, -0.2) is 0 Å². The number of aromatic nitrogens is 1. The second-order valence-electron chi connectivity index (χ2n) is 6.33. The Hall–Kier alpha value is -3.04. The molecular formula is C21H18ClF3N2O4. The number of ether oxygens (including phenoxy) is 3. The molecule has 1 aromatic heterocycles. The number of alkyl halides is 3. The molecule has 2 aromatic carbocycles. The van der Waals surface area contributed by atoms with Gasteiger partial charge in [-0.3, -0.25) is 9.78 Å². The summed E-state index contributed by atoms with van der Waals surface area (Å²) in [5.41, 5.74) is -0.584. The van der Waals surface area contributed by atoms with Crippen molar-refractivity contribution in [1.29, 1.82) is 0 Å². The molecule has 0 aliphatic carbocycles. The van der Waals surface area contributed by atoms with Crippen molar-refractivity contribution in [2.24, 2.45) is 0 Å². The number of halogens is 4. The fourth-order valence-corrected chi connectivity index (χ4v) is 2.94. The summed E-state index contributed by atoms with van der Waals surface area (Å²) in [4.78, 5) is 16.6. The Morgan fingerprint density at radius 1 is 1.10 bits per heavy atom. The van der Waals surface area contributed by atoms with E-state index in [9.17, 15) is 18.0 Å². The number of amides is 1. The molecule has 0 fully saturated rings. The highest BCUT2D eigenvalue weighted by Crippen LogP contribution is 2.35. The molecule has 0 spiro atoms. The average molecular weight is 455 g/mol. The van der Waals surface area contributed by atoms with Gasteiger partial charge in [0, 0.05) is 18.7 Å². The zero-order chi connectivity index (χ0) is 22.4. The highest BCUT2D eigenvalue weighted by atomic mass is 35.5. The van der Waals surface area contributed by atoms with E-state index in [1.54, 1.807) is 30.5 Å². The number of methoxy groups -OCH3 is 1. The van der Waals surface area contributed by atoms with Gasteiger partial charge in [0.1, 0.15) is 23.6 Å². The minimum atomic E-state index is -4.57. The minimum Gasteiger partial charge on any atom is -0.489 e. The summed E-state index contributed by atoms with van der Waals surface area (Å²) in [6.07, 6.45) is -3.02. The smallest absolute Gasteiger partial charge is 0.416 e. The summed E-state index contributed by atoms with van der Waals surface area (Å²) in [7, 11) is 1.46. The van der Waals surface area contributed by atoms with Crippen molar-refractivity contribution in [2.75, 3.05) is 32.2 Å². The Morgan fingerprint density at radius 3 is 2.61 bits per heavy atom. The van der Waals surface area contributed by atoms with E-state index in [0.29, 0.717) is 21.7 Å². The first-order valence-corrected chi connectivity index (χ1v) is 9.46. The summed E-state index contributed by atoms with van der Waals surface area (Å²) >= 11 is 6.13. The number of nitrogens with zero attached hydrogens (tertiary/aromatic N) is 1. The van der Waals surface area contributed by atoms with Crippen molar-refractivity contribution in [3.8, 4) is 11.5 Å². The molecule has 0 aliphatic rings. The number of rotatable bonds is 8. The molecule has 3 aromatic rings. The Balaban J connectivity index is 1.75. The van der Waals surface area contributed by atoms with Gasteiger partial charge in [-0.2, -0.15) is 13.2 Å². The zero-order valence-corrected chi connectivity index (χ0v) is 17.1. The van der Waals surface area contributed by atoms with E-state index in [0.717, 1.165) is 18.2 Å². The highest BCUT2D eigenvalue weighted by molar-refractivity contribution is 6.35. The predicted molar refractivity (Wildman–Crippen MR) is 110 cm³/mol. The number of carbonyl (C=O) groups excluding carboxylic acids is 1. The third-order valence-corrected chi connectivity index (χ3v) is 4.49. The van der Waals surface area contributed by atoms with Crippen LogP contribution in [-0.4, -0.2) is 37.8 Å². The van der Waals surface area contributed by atoms with Gasteiger partial charge in [0.2, 0.25) is 0 Å². The molecule has 0 saturated heterocycles. The molecule has 164 valence electrons. The number of hydrogen-bond acceptors (Lipinski definition) is 5. The van der Waals surface area contributed by atoms with Crippen LogP contribution in [0.1, 0.15) is 5.56 Å². The van der Waals surface area contributed by atoms with Crippen LogP contribution in [0.4, 0.5) is 18.9 Å². The molecule has 31 heavy (non-hydrogen) atoms. The topological polar surface area (TPSA) is 69.7 Å². The third kappa shape index (κ3) is 5.77. The van der Waals surface area contributed by atoms with E-state index in [1.165, 1.54) is 7.11 Å². The Morgan fingerprint density at radius 2 is 1.87 bits per heavy atom. The van der Waals surface area contributed by atoms with Crippen LogP contribution in [0.2, 0.25) is 5.02 Å². The number of carbonyl (C=O) groups is 1. The lowest BCUT2D eigenvalue weighted by molar-refractivity contribution is -0.137. The number of hydrogen-bond donors (Lipinski definition) is 1. The first kappa shape index (κ1) is 22.6. The summed E-state index contributed by atoms with van der Waals surface area (Å²) < 4.78 is 55.0. The predicted octanol–water partition coefficient (Wildman–Crippen LogP) is 4.95. The second kappa shape index (κ2) is 9.84. The van der Waals surface area contributed by atoms with Gasteiger partial charge in [-0.05, 0) is 42.5 Å². The van der Waals surface area contributed by atoms with Gasteiger partial charge < -0.3 is 19.5 Å². The first-order valence-electron chi connectivity index (χ1n) is 9.08. The van der Waals surface area contributed by atoms with Crippen molar-refractivity contribution in [3.05, 3.63) is 59.2 Å². The lowest BCUT2D eigenvalue weighted by atomic mass is 10.1. The van der Waals surface area contributed by atoms with Crippen molar-refractivity contribution in [1.82, 2.24) is 4.98 Å². The van der Waals surface area contributed by atoms with E-state index < -0.39 is 24.3 Å². The van der Waals surface area contributed by atoms with E-state index in [1.807, 2.05) is 0 Å². The third-order valence-electron chi connectivity index (χ3n) is 4.16. The maximum atomic E-state index is 13.1. The van der Waals surface area contributed by atoms with E-state index in [-0.39, 0.29) is 24.7 Å². The zero-order valence-electron chi connectivity index (χ0n) is 16.3. The van der Waals surface area contributed by atoms with Gasteiger partial charge in [0.25, 0.3) is 5.91 Å². The van der Waals surface area contributed by atoms with Crippen LogP contribution in [0.25, 0.3) is 10.9 Å². The quantitative estimate of drug-likeness (QED) is 0.488. The summed E-state index contributed by atoms with van der Waals surface area (Å²) in [6.45, 7) is -0.126. The van der Waals surface area contributed by atoms with Crippen molar-refractivity contribution < 1.29 is 32.2 Å². The van der Waals surface area contributed by atoms with E-state index >= 15 is 0 Å². The maximum Gasteiger partial charge on any atom is 0.416 e.